The predicted octanol–water partition coefficient (Wildman–Crippen LogP) is 10.0. The maximum Gasteiger partial charge on any atom is 0.119 e. The molecular weight excluding hydrogens is 498 g/mol. The molecule has 0 fully saturated rings. The second-order valence-corrected chi connectivity index (χ2v) is 10.5. The molecule has 0 saturated carbocycles. The number of anilines is 3. The van der Waals surface area contributed by atoms with Crippen molar-refractivity contribution in [2.75, 3.05) is 12.0 Å². The van der Waals surface area contributed by atoms with Crippen LogP contribution >= 0.6 is 0 Å². The van der Waals surface area contributed by atoms with Gasteiger partial charge in [0.2, 0.25) is 0 Å². The number of hydrogen-bond acceptors (Lipinski definition) is 2. The van der Waals surface area contributed by atoms with E-state index < -0.39 is 0 Å². The van der Waals surface area contributed by atoms with Gasteiger partial charge in [-0.3, -0.25) is 0 Å². The van der Waals surface area contributed by atoms with Crippen molar-refractivity contribution < 1.29 is 4.74 Å². The van der Waals surface area contributed by atoms with Crippen molar-refractivity contribution >= 4 is 39.5 Å². The summed E-state index contributed by atoms with van der Waals surface area (Å²) in [6.45, 7) is 0. The lowest BCUT2D eigenvalue weighted by Crippen LogP contribution is -2.10. The zero-order valence-corrected chi connectivity index (χ0v) is 23.1. The quantitative estimate of drug-likeness (QED) is 0.191. The molecule has 1 aliphatic carbocycles. The van der Waals surface area contributed by atoms with Crippen molar-refractivity contribution in [2.24, 2.45) is 0 Å². The Morgan fingerprint density at radius 1 is 0.585 bits per heavy atom. The van der Waals surface area contributed by atoms with Crippen LogP contribution in [0.25, 0.3) is 22.4 Å². The molecule has 0 N–H and O–H groups in total. The average molecular weight is 530 g/mol. The largest absolute Gasteiger partial charge is 0.497 e. The van der Waals surface area contributed by atoms with Crippen LogP contribution in [-0.2, 0) is 12.8 Å². The Hall–Kier alpha value is -5.08. The highest BCUT2D eigenvalue weighted by Crippen LogP contribution is 2.43. The highest BCUT2D eigenvalue weighted by molar-refractivity contribution is 6.03. The Morgan fingerprint density at radius 2 is 1.17 bits per heavy atom. The first-order valence-electron chi connectivity index (χ1n) is 14.2. The number of hydrogen-bond donors (Lipinski definition) is 0. The third-order valence-corrected chi connectivity index (χ3v) is 8.06. The number of methoxy groups -OCH3 is 1. The second kappa shape index (κ2) is 10.8. The summed E-state index contributed by atoms with van der Waals surface area (Å²) in [5, 5.41) is 2.71. The maximum absolute atomic E-state index is 5.47. The molecule has 0 aliphatic heterocycles. The summed E-state index contributed by atoms with van der Waals surface area (Å²) < 4.78 is 5.47. The molecule has 41 heavy (non-hydrogen) atoms. The topological polar surface area (TPSA) is 12.5 Å². The Labute approximate surface area is 241 Å². The molecule has 0 aromatic heterocycles. The summed E-state index contributed by atoms with van der Waals surface area (Å²) in [6.07, 6.45) is 4.51. The Morgan fingerprint density at radius 3 is 1.78 bits per heavy atom. The van der Waals surface area contributed by atoms with Crippen LogP contribution in [0.1, 0.15) is 27.8 Å². The molecule has 6 aromatic rings. The van der Waals surface area contributed by atoms with Gasteiger partial charge >= 0.3 is 0 Å². The minimum Gasteiger partial charge on any atom is -0.497 e. The summed E-state index contributed by atoms with van der Waals surface area (Å²) in [5.41, 5.74) is 11.1. The molecule has 2 heteroatoms. The van der Waals surface area contributed by atoms with Gasteiger partial charge in [0.15, 0.2) is 0 Å². The molecule has 198 valence electrons. The summed E-state index contributed by atoms with van der Waals surface area (Å²) in [7, 11) is 1.71. The fourth-order valence-electron chi connectivity index (χ4n) is 6.04. The first-order valence-corrected chi connectivity index (χ1v) is 14.2. The molecule has 0 saturated heterocycles. The molecule has 7 rings (SSSR count). The summed E-state index contributed by atoms with van der Waals surface area (Å²) in [6, 6.07) is 49.8. The zero-order chi connectivity index (χ0) is 27.6. The van der Waals surface area contributed by atoms with Crippen molar-refractivity contribution in [2.45, 2.75) is 12.8 Å². The van der Waals surface area contributed by atoms with E-state index >= 15 is 0 Å². The Bertz CT molecular complexity index is 1790. The van der Waals surface area contributed by atoms with E-state index in [0.717, 1.165) is 35.5 Å². The molecule has 0 atom stereocenters. The molecule has 0 bridgehead atoms. The lowest BCUT2D eigenvalue weighted by atomic mass is 9.95. The van der Waals surface area contributed by atoms with Crippen molar-refractivity contribution in [1.82, 2.24) is 0 Å². The molecule has 1 aliphatic rings. The van der Waals surface area contributed by atoms with Gasteiger partial charge in [-0.1, -0.05) is 97.1 Å². The highest BCUT2D eigenvalue weighted by atomic mass is 16.5. The number of rotatable bonds is 7. The number of nitrogens with zero attached hydrogens (tertiary/aromatic N) is 1. The van der Waals surface area contributed by atoms with Crippen LogP contribution in [0.4, 0.5) is 17.1 Å². The fraction of sp³-hybridized carbons (Fsp3) is 0.0769. The molecule has 6 aromatic carbocycles. The smallest absolute Gasteiger partial charge is 0.119 e. The SMILES string of the molecule is COc1ccc(N(c2ccc(C=C(c3ccccc3)c3ccccc3)cc2)c2ccc3c4c(cccc24)CC3)cc1. The van der Waals surface area contributed by atoms with E-state index in [1.807, 2.05) is 12.1 Å². The number of benzene rings is 6. The lowest BCUT2D eigenvalue weighted by Gasteiger charge is -2.27. The van der Waals surface area contributed by atoms with E-state index in [1.165, 1.54) is 44.3 Å². The van der Waals surface area contributed by atoms with Crippen LogP contribution in [0.3, 0.4) is 0 Å². The lowest BCUT2D eigenvalue weighted by molar-refractivity contribution is 0.415. The monoisotopic (exact) mass is 529 g/mol. The first kappa shape index (κ1) is 24.9. The Balaban J connectivity index is 1.34. The molecule has 0 heterocycles. The van der Waals surface area contributed by atoms with Gasteiger partial charge in [0.25, 0.3) is 0 Å². The van der Waals surface area contributed by atoms with Crippen LogP contribution in [0.2, 0.25) is 0 Å². The summed E-state index contributed by atoms with van der Waals surface area (Å²) in [5.74, 6) is 0.851. The zero-order valence-electron chi connectivity index (χ0n) is 23.1. The first-order chi connectivity index (χ1) is 20.3. The van der Waals surface area contributed by atoms with Crippen molar-refractivity contribution in [3.63, 3.8) is 0 Å². The normalized spacial score (nSPS) is 11.8. The van der Waals surface area contributed by atoms with Gasteiger partial charge in [-0.15, -0.1) is 0 Å². The van der Waals surface area contributed by atoms with Crippen LogP contribution in [-0.4, -0.2) is 7.11 Å². The third kappa shape index (κ3) is 4.79. The van der Waals surface area contributed by atoms with E-state index in [-0.39, 0.29) is 0 Å². The summed E-state index contributed by atoms with van der Waals surface area (Å²) >= 11 is 0. The van der Waals surface area contributed by atoms with Gasteiger partial charge in [-0.2, -0.15) is 0 Å². The van der Waals surface area contributed by atoms with E-state index in [9.17, 15) is 0 Å². The minimum absolute atomic E-state index is 0.851. The van der Waals surface area contributed by atoms with Gasteiger partial charge < -0.3 is 9.64 Å². The van der Waals surface area contributed by atoms with Crippen LogP contribution < -0.4 is 9.64 Å². The van der Waals surface area contributed by atoms with Gasteiger partial charge in [0, 0.05) is 16.8 Å². The average Bonchev–Trinajstić information content (AvgIpc) is 3.47. The van der Waals surface area contributed by atoms with Crippen LogP contribution in [0.15, 0.2) is 140 Å². The summed E-state index contributed by atoms with van der Waals surface area (Å²) in [4.78, 5) is 2.36. The van der Waals surface area contributed by atoms with Gasteiger partial charge in [-0.25, -0.2) is 0 Å². The van der Waals surface area contributed by atoms with Crippen LogP contribution in [0, 0.1) is 0 Å². The van der Waals surface area contributed by atoms with Gasteiger partial charge in [-0.05, 0) is 100 Å². The van der Waals surface area contributed by atoms with E-state index in [4.69, 9.17) is 4.74 Å². The van der Waals surface area contributed by atoms with Crippen molar-refractivity contribution in [3.05, 3.63) is 167 Å². The predicted molar refractivity (Wildman–Crippen MR) is 172 cm³/mol. The molecule has 0 amide bonds. The molecule has 2 nitrogen and oxygen atoms in total. The molecular formula is C39H31NO. The highest BCUT2D eigenvalue weighted by Gasteiger charge is 2.21. The number of ether oxygens (including phenoxy) is 1. The molecule has 0 spiro atoms. The molecule has 0 radical (unpaired) electrons. The maximum atomic E-state index is 5.47. The van der Waals surface area contributed by atoms with Gasteiger partial charge in [0.05, 0.1) is 12.8 Å². The standard InChI is InChI=1S/C39H31NO/c1-41-35-24-22-34(23-25-35)40(38-26-19-32-18-17-31-13-8-14-36(38)39(31)32)33-20-15-28(16-21-33)27-37(29-9-4-2-5-10-29)30-11-6-3-7-12-30/h2-16,19-27H,17-18H2,1H3. The molecule has 0 unspecified atom stereocenters. The Kier molecular flexibility index (Phi) is 6.58. The van der Waals surface area contributed by atoms with E-state index in [1.54, 1.807) is 7.11 Å². The van der Waals surface area contributed by atoms with E-state index in [0.29, 0.717) is 0 Å². The van der Waals surface area contributed by atoms with E-state index in [2.05, 4.69) is 138 Å². The van der Waals surface area contributed by atoms with Crippen LogP contribution in [0.5, 0.6) is 5.75 Å². The van der Waals surface area contributed by atoms with Crippen molar-refractivity contribution in [3.8, 4) is 5.75 Å². The minimum atomic E-state index is 0.851. The van der Waals surface area contributed by atoms with Gasteiger partial charge in [0.1, 0.15) is 5.75 Å². The fourth-order valence-corrected chi connectivity index (χ4v) is 6.04. The van der Waals surface area contributed by atoms with Crippen molar-refractivity contribution in [1.29, 1.82) is 0 Å². The second-order valence-electron chi connectivity index (χ2n) is 10.5. The third-order valence-electron chi connectivity index (χ3n) is 8.06. The number of aryl methyl sites for hydroxylation is 2.